The van der Waals surface area contributed by atoms with E-state index in [-0.39, 0.29) is 5.91 Å². The van der Waals surface area contributed by atoms with Crippen LogP contribution in [0.4, 0.5) is 0 Å². The van der Waals surface area contributed by atoms with E-state index in [4.69, 9.17) is 0 Å². The first-order chi connectivity index (χ1) is 16.7. The number of amides is 1. The van der Waals surface area contributed by atoms with E-state index in [2.05, 4.69) is 26.1 Å². The molecular formula is C32H65NO. The summed E-state index contributed by atoms with van der Waals surface area (Å²) in [5.74, 6) is 1.15. The van der Waals surface area contributed by atoms with Crippen molar-refractivity contribution < 1.29 is 4.79 Å². The molecule has 0 heterocycles. The molecule has 2 heteroatoms. The Kier molecular flexibility index (Phi) is 28.3. The molecule has 0 rings (SSSR count). The van der Waals surface area contributed by atoms with E-state index in [1.54, 1.807) is 0 Å². The van der Waals surface area contributed by atoms with E-state index < -0.39 is 0 Å². The zero-order chi connectivity index (χ0) is 25.0. The van der Waals surface area contributed by atoms with E-state index in [0.29, 0.717) is 0 Å². The first-order valence-electron chi connectivity index (χ1n) is 15.9. The topological polar surface area (TPSA) is 29.1 Å². The van der Waals surface area contributed by atoms with Crippen molar-refractivity contribution in [1.29, 1.82) is 0 Å². The van der Waals surface area contributed by atoms with Gasteiger partial charge in [0.05, 0.1) is 0 Å². The summed E-state index contributed by atoms with van der Waals surface area (Å²) in [6, 6.07) is 0. The first-order valence-corrected chi connectivity index (χ1v) is 15.9. The van der Waals surface area contributed by atoms with Crippen LogP contribution in [0.5, 0.6) is 0 Å². The monoisotopic (exact) mass is 480 g/mol. The van der Waals surface area contributed by atoms with Gasteiger partial charge >= 0.3 is 0 Å². The highest BCUT2D eigenvalue weighted by Crippen LogP contribution is 2.15. The summed E-state index contributed by atoms with van der Waals surface area (Å²) in [4.78, 5) is 12.0. The van der Waals surface area contributed by atoms with Crippen LogP contribution in [-0.2, 0) is 4.79 Å². The molecule has 204 valence electrons. The maximum absolute atomic E-state index is 12.0. The second kappa shape index (κ2) is 28.7. The summed E-state index contributed by atoms with van der Waals surface area (Å²) in [5.41, 5.74) is 0. The predicted octanol–water partition coefficient (Wildman–Crippen LogP) is 10.9. The van der Waals surface area contributed by atoms with Crippen LogP contribution < -0.4 is 5.32 Å². The molecule has 0 saturated carbocycles. The second-order valence-electron chi connectivity index (χ2n) is 11.4. The van der Waals surface area contributed by atoms with Crippen molar-refractivity contribution >= 4 is 5.91 Å². The number of unbranched alkanes of at least 4 members (excludes halogenated alkanes) is 22. The molecule has 1 N–H and O–H groups in total. The lowest BCUT2D eigenvalue weighted by Gasteiger charge is -2.06. The van der Waals surface area contributed by atoms with Gasteiger partial charge in [0.15, 0.2) is 0 Å². The van der Waals surface area contributed by atoms with Crippen molar-refractivity contribution in [2.75, 3.05) is 6.54 Å². The zero-order valence-electron chi connectivity index (χ0n) is 24.1. The van der Waals surface area contributed by atoms with Crippen molar-refractivity contribution in [1.82, 2.24) is 5.32 Å². The molecule has 0 saturated heterocycles. The average Bonchev–Trinajstić information content (AvgIpc) is 2.82. The molecule has 0 aromatic heterocycles. The normalized spacial score (nSPS) is 11.4. The van der Waals surface area contributed by atoms with Crippen LogP contribution in [0.15, 0.2) is 0 Å². The van der Waals surface area contributed by atoms with Crippen LogP contribution in [0.3, 0.4) is 0 Å². The Morgan fingerprint density at radius 1 is 0.500 bits per heavy atom. The van der Waals surface area contributed by atoms with Crippen LogP contribution in [0.2, 0.25) is 0 Å². The third kappa shape index (κ3) is 29.5. The van der Waals surface area contributed by atoms with Crippen LogP contribution in [0.25, 0.3) is 0 Å². The van der Waals surface area contributed by atoms with E-state index >= 15 is 0 Å². The summed E-state index contributed by atoms with van der Waals surface area (Å²) in [7, 11) is 0. The Morgan fingerprint density at radius 3 is 1.26 bits per heavy atom. The number of hydrogen-bond acceptors (Lipinski definition) is 1. The fourth-order valence-corrected chi connectivity index (χ4v) is 4.89. The minimum absolute atomic E-state index is 0.275. The fraction of sp³-hybridized carbons (Fsp3) is 0.969. The molecule has 0 aliphatic carbocycles. The number of nitrogens with one attached hydrogen (secondary N) is 1. The van der Waals surface area contributed by atoms with Gasteiger partial charge < -0.3 is 5.32 Å². The van der Waals surface area contributed by atoms with Crippen molar-refractivity contribution in [3.63, 3.8) is 0 Å². The van der Waals surface area contributed by atoms with Gasteiger partial charge in [-0.25, -0.2) is 0 Å². The molecule has 0 bridgehead atoms. The Labute approximate surface area is 216 Å². The van der Waals surface area contributed by atoms with Crippen LogP contribution in [-0.4, -0.2) is 12.5 Å². The van der Waals surface area contributed by atoms with Gasteiger partial charge in [0.2, 0.25) is 5.91 Å². The molecule has 0 unspecified atom stereocenters. The predicted molar refractivity (Wildman–Crippen MR) is 154 cm³/mol. The lowest BCUT2D eigenvalue weighted by atomic mass is 10.0. The fourth-order valence-electron chi connectivity index (χ4n) is 4.89. The summed E-state index contributed by atoms with van der Waals surface area (Å²) >= 11 is 0. The lowest BCUT2D eigenvalue weighted by Crippen LogP contribution is -2.23. The van der Waals surface area contributed by atoms with Gasteiger partial charge in [0, 0.05) is 13.0 Å². The van der Waals surface area contributed by atoms with E-state index in [1.807, 2.05) is 0 Å². The third-order valence-electron chi connectivity index (χ3n) is 7.29. The lowest BCUT2D eigenvalue weighted by molar-refractivity contribution is -0.121. The summed E-state index contributed by atoms with van der Waals surface area (Å²) in [6.07, 6.45) is 34.9. The van der Waals surface area contributed by atoms with Crippen LogP contribution in [0, 0.1) is 5.92 Å². The molecular weight excluding hydrogens is 414 g/mol. The van der Waals surface area contributed by atoms with Gasteiger partial charge in [-0.1, -0.05) is 168 Å². The Bertz CT molecular complexity index is 392. The molecule has 34 heavy (non-hydrogen) atoms. The SMILES string of the molecule is CCCCCCCCCCCCCCNC(=O)CCCCCCCCCCCCCCC(C)C. The molecule has 0 aromatic carbocycles. The number of carbonyl (C=O) groups excluding carboxylic acids is 1. The molecule has 0 aliphatic rings. The molecule has 0 fully saturated rings. The minimum Gasteiger partial charge on any atom is -0.356 e. The highest BCUT2D eigenvalue weighted by Gasteiger charge is 2.01. The molecule has 0 spiro atoms. The van der Waals surface area contributed by atoms with Crippen molar-refractivity contribution in [2.24, 2.45) is 5.92 Å². The number of hydrogen-bond donors (Lipinski definition) is 1. The zero-order valence-corrected chi connectivity index (χ0v) is 24.1. The minimum atomic E-state index is 0.275. The highest BCUT2D eigenvalue weighted by molar-refractivity contribution is 5.75. The smallest absolute Gasteiger partial charge is 0.219 e. The summed E-state index contributed by atoms with van der Waals surface area (Å²) < 4.78 is 0. The van der Waals surface area contributed by atoms with E-state index in [0.717, 1.165) is 31.7 Å². The Morgan fingerprint density at radius 2 is 0.853 bits per heavy atom. The van der Waals surface area contributed by atoms with Gasteiger partial charge in [-0.3, -0.25) is 4.79 Å². The van der Waals surface area contributed by atoms with Crippen molar-refractivity contribution in [3.8, 4) is 0 Å². The maximum Gasteiger partial charge on any atom is 0.219 e. The maximum atomic E-state index is 12.0. The van der Waals surface area contributed by atoms with Crippen LogP contribution >= 0.6 is 0 Å². The van der Waals surface area contributed by atoms with Crippen LogP contribution in [0.1, 0.15) is 188 Å². The largest absolute Gasteiger partial charge is 0.356 e. The standard InChI is InChI=1S/C32H65NO/c1-4-5-6-7-8-9-10-15-18-21-24-27-30-33-32(34)29-26-23-20-17-14-12-11-13-16-19-22-25-28-31(2)3/h31H,4-30H2,1-3H3,(H,33,34). The van der Waals surface area contributed by atoms with E-state index in [1.165, 1.54) is 148 Å². The highest BCUT2D eigenvalue weighted by atomic mass is 16.1. The number of carbonyl (C=O) groups is 1. The molecule has 0 atom stereocenters. The number of rotatable bonds is 28. The molecule has 1 amide bonds. The van der Waals surface area contributed by atoms with Gasteiger partial charge in [-0.05, 0) is 18.8 Å². The Balaban J connectivity index is 3.15. The summed E-state index contributed by atoms with van der Waals surface area (Å²) in [5, 5.41) is 3.13. The van der Waals surface area contributed by atoms with Crippen molar-refractivity contribution in [3.05, 3.63) is 0 Å². The van der Waals surface area contributed by atoms with Gasteiger partial charge in [0.25, 0.3) is 0 Å². The van der Waals surface area contributed by atoms with Gasteiger partial charge in [-0.2, -0.15) is 0 Å². The van der Waals surface area contributed by atoms with Gasteiger partial charge in [-0.15, -0.1) is 0 Å². The second-order valence-corrected chi connectivity index (χ2v) is 11.4. The summed E-state index contributed by atoms with van der Waals surface area (Å²) in [6.45, 7) is 7.83. The average molecular weight is 480 g/mol. The molecule has 0 aromatic rings. The van der Waals surface area contributed by atoms with E-state index in [9.17, 15) is 4.79 Å². The quantitative estimate of drug-likeness (QED) is 0.111. The third-order valence-corrected chi connectivity index (χ3v) is 7.29. The molecule has 0 radical (unpaired) electrons. The molecule has 2 nitrogen and oxygen atoms in total. The Hall–Kier alpha value is -0.530. The molecule has 0 aliphatic heterocycles. The van der Waals surface area contributed by atoms with Crippen molar-refractivity contribution in [2.45, 2.75) is 188 Å². The first kappa shape index (κ1) is 33.5. The van der Waals surface area contributed by atoms with Gasteiger partial charge in [0.1, 0.15) is 0 Å².